The number of rotatable bonds is 7. The van der Waals surface area contributed by atoms with Gasteiger partial charge in [0.25, 0.3) is 5.91 Å². The molecule has 1 aliphatic rings. The Balaban J connectivity index is 1.80. The first kappa shape index (κ1) is 23.3. The van der Waals surface area contributed by atoms with Crippen molar-refractivity contribution in [2.75, 3.05) is 26.7 Å². The number of ether oxygens (including phenoxy) is 2. The molecule has 0 aromatic heterocycles. The van der Waals surface area contributed by atoms with Crippen LogP contribution in [0.2, 0.25) is 0 Å². The Morgan fingerprint density at radius 3 is 2.62 bits per heavy atom. The molecule has 0 atom stereocenters. The zero-order valence-electron chi connectivity index (χ0n) is 17.6. The summed E-state index contributed by atoms with van der Waals surface area (Å²) >= 11 is 0. The van der Waals surface area contributed by atoms with Crippen molar-refractivity contribution in [3.63, 3.8) is 0 Å². The van der Waals surface area contributed by atoms with Crippen LogP contribution in [0.5, 0.6) is 11.5 Å². The minimum Gasteiger partial charge on any atom is -0.493 e. The molecule has 1 amide bonds. The first-order valence-electron chi connectivity index (χ1n) is 10.0. The van der Waals surface area contributed by atoms with Gasteiger partial charge in [-0.2, -0.15) is 0 Å². The molecule has 0 saturated heterocycles. The zero-order valence-corrected chi connectivity index (χ0v) is 17.6. The van der Waals surface area contributed by atoms with Crippen LogP contribution >= 0.6 is 0 Å². The Labute approximate surface area is 183 Å². The molecule has 0 spiro atoms. The number of halogens is 4. The number of alkyl halides is 3. The molecule has 0 aliphatic carbocycles. The average Bonchev–Trinajstić information content (AvgIpc) is 2.73. The van der Waals surface area contributed by atoms with E-state index in [2.05, 4.69) is 10.1 Å². The highest BCUT2D eigenvalue weighted by molar-refractivity contribution is 6.04. The second kappa shape index (κ2) is 9.84. The molecular formula is C23H23F4N2O3+. The molecule has 0 fully saturated rings. The number of para-hydroxylation sites is 1. The normalized spacial score (nSPS) is 14.1. The lowest BCUT2D eigenvalue weighted by atomic mass is 9.97. The fourth-order valence-corrected chi connectivity index (χ4v) is 3.38. The van der Waals surface area contributed by atoms with Gasteiger partial charge in [0.15, 0.2) is 5.71 Å². The Hall–Kier alpha value is -3.36. The summed E-state index contributed by atoms with van der Waals surface area (Å²) in [5, 5.41) is 2.63. The van der Waals surface area contributed by atoms with Crippen LogP contribution in [0.4, 0.5) is 17.6 Å². The second-order valence-electron chi connectivity index (χ2n) is 7.13. The van der Waals surface area contributed by atoms with Gasteiger partial charge in [0, 0.05) is 18.1 Å². The van der Waals surface area contributed by atoms with Gasteiger partial charge in [-0.1, -0.05) is 12.1 Å². The molecule has 32 heavy (non-hydrogen) atoms. The predicted molar refractivity (Wildman–Crippen MR) is 112 cm³/mol. The summed E-state index contributed by atoms with van der Waals surface area (Å²) in [5.41, 5.74) is 1.97. The average molecular weight is 451 g/mol. The number of hydrogen-bond donors (Lipinski definition) is 1. The summed E-state index contributed by atoms with van der Waals surface area (Å²) in [7, 11) is 1.84. The van der Waals surface area contributed by atoms with Crippen molar-refractivity contribution < 1.29 is 36.4 Å². The van der Waals surface area contributed by atoms with E-state index in [1.807, 2.05) is 24.6 Å². The number of carbonyl (C=O) groups excluding carboxylic acids is 1. The van der Waals surface area contributed by atoms with E-state index in [0.717, 1.165) is 17.4 Å². The minimum absolute atomic E-state index is 0.0679. The van der Waals surface area contributed by atoms with Crippen LogP contribution in [0.3, 0.4) is 0 Å². The number of benzene rings is 2. The summed E-state index contributed by atoms with van der Waals surface area (Å²) in [6.07, 6.45) is -2.44. The molecule has 0 unspecified atom stereocenters. The van der Waals surface area contributed by atoms with E-state index in [0.29, 0.717) is 30.9 Å². The highest BCUT2D eigenvalue weighted by atomic mass is 19.4. The van der Waals surface area contributed by atoms with E-state index >= 15 is 0 Å². The lowest BCUT2D eigenvalue weighted by Crippen LogP contribution is -2.35. The first-order valence-corrected chi connectivity index (χ1v) is 10.0. The van der Waals surface area contributed by atoms with Crippen molar-refractivity contribution in [1.82, 2.24) is 5.32 Å². The Morgan fingerprint density at radius 2 is 1.91 bits per heavy atom. The molecule has 2 aromatic rings. The van der Waals surface area contributed by atoms with Crippen molar-refractivity contribution in [3.05, 3.63) is 65.5 Å². The molecule has 9 heteroatoms. The van der Waals surface area contributed by atoms with Gasteiger partial charge in [0.05, 0.1) is 12.2 Å². The molecule has 0 bridgehead atoms. The van der Waals surface area contributed by atoms with Gasteiger partial charge in [-0.15, -0.1) is 13.2 Å². The third-order valence-electron chi connectivity index (χ3n) is 4.92. The molecule has 1 N–H and O–H groups in total. The maximum absolute atomic E-state index is 13.9. The second-order valence-corrected chi connectivity index (χ2v) is 7.13. The summed E-state index contributed by atoms with van der Waals surface area (Å²) in [6.45, 7) is 2.95. The molecule has 5 nitrogen and oxygen atoms in total. The molecule has 2 aromatic carbocycles. The van der Waals surface area contributed by atoms with Gasteiger partial charge in [0.2, 0.25) is 0 Å². The highest BCUT2D eigenvalue weighted by Gasteiger charge is 2.33. The lowest BCUT2D eigenvalue weighted by molar-refractivity contribution is -0.497. The number of nitrogens with one attached hydrogen (secondary N) is 1. The first-order chi connectivity index (χ1) is 15.2. The third kappa shape index (κ3) is 5.87. The van der Waals surface area contributed by atoms with Crippen molar-refractivity contribution in [2.45, 2.75) is 19.7 Å². The minimum atomic E-state index is -4.91. The van der Waals surface area contributed by atoms with Gasteiger partial charge >= 0.3 is 6.36 Å². The Bertz CT molecular complexity index is 1060. The molecule has 1 aliphatic heterocycles. The van der Waals surface area contributed by atoms with E-state index in [1.54, 1.807) is 6.07 Å². The summed E-state index contributed by atoms with van der Waals surface area (Å²) in [6, 6.07) is 9.46. The molecule has 1 heterocycles. The maximum Gasteiger partial charge on any atom is 0.573 e. The van der Waals surface area contributed by atoms with Crippen LogP contribution in [0, 0.1) is 5.82 Å². The van der Waals surface area contributed by atoms with E-state index in [9.17, 15) is 22.4 Å². The van der Waals surface area contributed by atoms with Crippen LogP contribution in [0.1, 0.15) is 29.3 Å². The monoisotopic (exact) mass is 451 g/mol. The van der Waals surface area contributed by atoms with E-state index < -0.39 is 18.0 Å². The standard InChI is InChI=1S/C23H22F4N2O3/c1-3-31-20-9-8-16(24)13-19(20)15-10-11-29(2)17(12-15)14-28-22(30)18-6-4-5-7-21(18)32-23(25,26)27/h4-9,12-13H,3,10-11,14H2,1-2H3/p+1. The van der Waals surface area contributed by atoms with E-state index in [-0.39, 0.29) is 17.9 Å². The van der Waals surface area contributed by atoms with Crippen LogP contribution in [0.25, 0.3) is 5.57 Å². The van der Waals surface area contributed by atoms with Gasteiger partial charge in [-0.25, -0.2) is 8.97 Å². The molecular weight excluding hydrogens is 428 g/mol. The number of carbonyl (C=O) groups is 1. The van der Waals surface area contributed by atoms with Gasteiger partial charge in [0.1, 0.15) is 37.5 Å². The van der Waals surface area contributed by atoms with Gasteiger partial charge < -0.3 is 14.8 Å². The smallest absolute Gasteiger partial charge is 0.493 e. The molecule has 0 radical (unpaired) electrons. The van der Waals surface area contributed by atoms with Crippen molar-refractivity contribution in [3.8, 4) is 11.5 Å². The zero-order chi connectivity index (χ0) is 23.3. The van der Waals surface area contributed by atoms with E-state index in [1.165, 1.54) is 30.3 Å². The van der Waals surface area contributed by atoms with E-state index in [4.69, 9.17) is 4.74 Å². The highest BCUT2D eigenvalue weighted by Crippen LogP contribution is 2.31. The number of amides is 1. The summed E-state index contributed by atoms with van der Waals surface area (Å²) < 4.78 is 63.2. The largest absolute Gasteiger partial charge is 0.573 e. The summed E-state index contributed by atoms with van der Waals surface area (Å²) in [4.78, 5) is 12.6. The Morgan fingerprint density at radius 1 is 1.16 bits per heavy atom. The maximum atomic E-state index is 13.9. The van der Waals surface area contributed by atoms with Crippen LogP contribution in [-0.4, -0.2) is 49.3 Å². The van der Waals surface area contributed by atoms with Crippen molar-refractivity contribution in [2.24, 2.45) is 0 Å². The number of nitrogens with zero attached hydrogens (tertiary/aromatic N) is 1. The summed E-state index contributed by atoms with van der Waals surface area (Å²) in [5.74, 6) is -1.10. The SMILES string of the molecule is CCOc1ccc(F)cc1C1=CC(CNC(=O)c2ccccc2OC(F)(F)F)=[N+](C)CC1. The molecule has 3 rings (SSSR count). The quantitative estimate of drug-likeness (QED) is 0.501. The van der Waals surface area contributed by atoms with Gasteiger partial charge in [-0.05, 0) is 42.8 Å². The Kier molecular flexibility index (Phi) is 7.17. The predicted octanol–water partition coefficient (Wildman–Crippen LogP) is 4.42. The van der Waals surface area contributed by atoms with Gasteiger partial charge in [-0.3, -0.25) is 4.79 Å². The topological polar surface area (TPSA) is 50.6 Å². The lowest BCUT2D eigenvalue weighted by Gasteiger charge is -2.17. The fourth-order valence-electron chi connectivity index (χ4n) is 3.38. The van der Waals surface area contributed by atoms with Crippen molar-refractivity contribution in [1.29, 1.82) is 0 Å². The molecule has 0 saturated carbocycles. The van der Waals surface area contributed by atoms with Crippen LogP contribution < -0.4 is 14.8 Å². The van der Waals surface area contributed by atoms with Crippen LogP contribution in [0.15, 0.2) is 48.5 Å². The third-order valence-corrected chi connectivity index (χ3v) is 4.92. The van der Waals surface area contributed by atoms with Crippen LogP contribution in [-0.2, 0) is 0 Å². The number of hydrogen-bond acceptors (Lipinski definition) is 3. The fraction of sp³-hybridized carbons (Fsp3) is 0.304. The van der Waals surface area contributed by atoms with Crippen molar-refractivity contribution >= 4 is 17.2 Å². The molecule has 170 valence electrons.